The van der Waals surface area contributed by atoms with Gasteiger partial charge < -0.3 is 11.1 Å². The minimum absolute atomic E-state index is 0.333. The molecule has 1 saturated carbocycles. The van der Waals surface area contributed by atoms with Gasteiger partial charge in [0.25, 0.3) is 0 Å². The molecule has 1 fully saturated rings. The number of nitrogens with two attached hydrogens (primary N) is 1. The lowest BCUT2D eigenvalue weighted by molar-refractivity contribution is 0.307. The number of hydrogen-bond donors (Lipinski definition) is 2. The smallest absolute Gasteiger partial charge is 0.0294 e. The van der Waals surface area contributed by atoms with Gasteiger partial charge in [0, 0.05) is 18.1 Å². The van der Waals surface area contributed by atoms with E-state index in [1.54, 1.807) is 0 Å². The van der Waals surface area contributed by atoms with E-state index in [4.69, 9.17) is 5.73 Å². The Morgan fingerprint density at radius 1 is 1.19 bits per heavy atom. The number of hydrogen-bond acceptors (Lipinski definition) is 2. The minimum atomic E-state index is 0.333. The van der Waals surface area contributed by atoms with Crippen molar-refractivity contribution >= 4 is 0 Å². The Bertz CT molecular complexity index is 310. The highest BCUT2D eigenvalue weighted by atomic mass is 15.0. The van der Waals surface area contributed by atoms with Crippen LogP contribution in [-0.4, -0.2) is 12.1 Å². The summed E-state index contributed by atoms with van der Waals surface area (Å²) in [6.07, 6.45) is 4.99. The van der Waals surface area contributed by atoms with Crippen molar-refractivity contribution in [1.82, 2.24) is 5.32 Å². The molecule has 3 atom stereocenters. The third kappa shape index (κ3) is 2.83. The topological polar surface area (TPSA) is 38.0 Å². The molecule has 0 aromatic heterocycles. The lowest BCUT2D eigenvalue weighted by atomic mass is 9.90. The fourth-order valence-electron chi connectivity index (χ4n) is 2.53. The Balaban J connectivity index is 1.94. The van der Waals surface area contributed by atoms with E-state index in [0.717, 1.165) is 0 Å². The molecule has 0 radical (unpaired) electrons. The van der Waals surface area contributed by atoms with Gasteiger partial charge in [-0.05, 0) is 25.3 Å². The van der Waals surface area contributed by atoms with Crippen molar-refractivity contribution in [3.63, 3.8) is 0 Å². The molecular formula is C14H22N2. The first-order chi connectivity index (χ1) is 7.77. The minimum Gasteiger partial charge on any atom is -0.326 e. The highest BCUT2D eigenvalue weighted by Gasteiger charge is 2.22. The lowest BCUT2D eigenvalue weighted by Gasteiger charge is -2.32. The molecule has 1 aliphatic carbocycles. The van der Waals surface area contributed by atoms with Crippen LogP contribution in [0.2, 0.25) is 0 Å². The Kier molecular flexibility index (Phi) is 3.97. The molecule has 0 unspecified atom stereocenters. The summed E-state index contributed by atoms with van der Waals surface area (Å²) in [5.41, 5.74) is 7.49. The molecule has 0 spiro atoms. The summed E-state index contributed by atoms with van der Waals surface area (Å²) in [5.74, 6) is 0. The summed E-state index contributed by atoms with van der Waals surface area (Å²) in [4.78, 5) is 0. The SMILES string of the molecule is C[C@H](N[C@@H]1CCCC[C@H]1N)c1ccccc1. The molecule has 0 aliphatic heterocycles. The van der Waals surface area contributed by atoms with Crippen molar-refractivity contribution in [2.75, 3.05) is 0 Å². The maximum absolute atomic E-state index is 6.14. The van der Waals surface area contributed by atoms with E-state index < -0.39 is 0 Å². The van der Waals surface area contributed by atoms with Gasteiger partial charge in [-0.1, -0.05) is 43.2 Å². The summed E-state index contributed by atoms with van der Waals surface area (Å²) < 4.78 is 0. The van der Waals surface area contributed by atoms with Crippen LogP contribution in [0.3, 0.4) is 0 Å². The molecule has 0 heterocycles. The zero-order chi connectivity index (χ0) is 11.4. The van der Waals surface area contributed by atoms with Crippen LogP contribution in [0.5, 0.6) is 0 Å². The molecule has 2 nitrogen and oxygen atoms in total. The van der Waals surface area contributed by atoms with Gasteiger partial charge in [-0.2, -0.15) is 0 Å². The second-order valence-electron chi connectivity index (χ2n) is 4.85. The van der Waals surface area contributed by atoms with E-state index in [2.05, 4.69) is 42.6 Å². The molecule has 2 rings (SSSR count). The van der Waals surface area contributed by atoms with Gasteiger partial charge in [-0.3, -0.25) is 0 Å². The van der Waals surface area contributed by atoms with Crippen molar-refractivity contribution in [3.8, 4) is 0 Å². The van der Waals surface area contributed by atoms with E-state index in [1.165, 1.54) is 31.2 Å². The Hall–Kier alpha value is -0.860. The van der Waals surface area contributed by atoms with Gasteiger partial charge >= 0.3 is 0 Å². The normalized spacial score (nSPS) is 27.6. The van der Waals surface area contributed by atoms with Gasteiger partial charge in [0.2, 0.25) is 0 Å². The van der Waals surface area contributed by atoms with Crippen LogP contribution in [0.4, 0.5) is 0 Å². The molecule has 1 aromatic carbocycles. The highest BCUT2D eigenvalue weighted by Crippen LogP contribution is 2.20. The molecule has 0 bridgehead atoms. The average Bonchev–Trinajstić information content (AvgIpc) is 2.33. The van der Waals surface area contributed by atoms with Gasteiger partial charge in [0.05, 0.1) is 0 Å². The van der Waals surface area contributed by atoms with Crippen LogP contribution >= 0.6 is 0 Å². The largest absolute Gasteiger partial charge is 0.326 e. The summed E-state index contributed by atoms with van der Waals surface area (Å²) in [5, 5.41) is 3.66. The van der Waals surface area contributed by atoms with Crippen molar-refractivity contribution in [3.05, 3.63) is 35.9 Å². The maximum atomic E-state index is 6.14. The Morgan fingerprint density at radius 2 is 1.88 bits per heavy atom. The number of benzene rings is 1. The molecule has 3 N–H and O–H groups in total. The summed E-state index contributed by atoms with van der Waals surface area (Å²) in [6.45, 7) is 2.22. The first kappa shape index (κ1) is 11.6. The zero-order valence-corrected chi connectivity index (χ0v) is 10.0. The number of rotatable bonds is 3. The van der Waals surface area contributed by atoms with Crippen LogP contribution in [0.25, 0.3) is 0 Å². The molecule has 88 valence electrons. The van der Waals surface area contributed by atoms with Crippen LogP contribution in [0.1, 0.15) is 44.2 Å². The third-order valence-corrected chi connectivity index (χ3v) is 3.58. The first-order valence-electron chi connectivity index (χ1n) is 6.34. The summed E-state index contributed by atoms with van der Waals surface area (Å²) >= 11 is 0. The fraction of sp³-hybridized carbons (Fsp3) is 0.571. The van der Waals surface area contributed by atoms with Crippen LogP contribution in [0.15, 0.2) is 30.3 Å². The molecule has 0 amide bonds. The molecule has 1 aliphatic rings. The quantitative estimate of drug-likeness (QED) is 0.818. The van der Waals surface area contributed by atoms with Crippen LogP contribution in [0, 0.1) is 0 Å². The second-order valence-corrected chi connectivity index (χ2v) is 4.85. The molecular weight excluding hydrogens is 196 g/mol. The van der Waals surface area contributed by atoms with Crippen molar-refractivity contribution < 1.29 is 0 Å². The average molecular weight is 218 g/mol. The predicted octanol–water partition coefficient (Wildman–Crippen LogP) is 2.61. The highest BCUT2D eigenvalue weighted by molar-refractivity contribution is 5.18. The second kappa shape index (κ2) is 5.46. The first-order valence-corrected chi connectivity index (χ1v) is 6.34. The molecule has 2 heteroatoms. The lowest BCUT2D eigenvalue weighted by Crippen LogP contribution is -2.47. The monoisotopic (exact) mass is 218 g/mol. The van der Waals surface area contributed by atoms with E-state index in [9.17, 15) is 0 Å². The molecule has 0 saturated heterocycles. The molecule has 1 aromatic rings. The zero-order valence-electron chi connectivity index (χ0n) is 10.0. The van der Waals surface area contributed by atoms with Crippen molar-refractivity contribution in [2.24, 2.45) is 5.73 Å². The fourth-order valence-corrected chi connectivity index (χ4v) is 2.53. The van der Waals surface area contributed by atoms with Gasteiger partial charge in [-0.15, -0.1) is 0 Å². The van der Waals surface area contributed by atoms with Gasteiger partial charge in [0.15, 0.2) is 0 Å². The van der Waals surface area contributed by atoms with E-state index in [0.29, 0.717) is 18.1 Å². The molecule has 16 heavy (non-hydrogen) atoms. The van der Waals surface area contributed by atoms with E-state index in [-0.39, 0.29) is 0 Å². The van der Waals surface area contributed by atoms with Gasteiger partial charge in [-0.25, -0.2) is 0 Å². The van der Waals surface area contributed by atoms with E-state index >= 15 is 0 Å². The van der Waals surface area contributed by atoms with Crippen molar-refractivity contribution in [2.45, 2.75) is 50.7 Å². The summed E-state index contributed by atoms with van der Waals surface area (Å²) in [6, 6.07) is 11.8. The van der Waals surface area contributed by atoms with Crippen molar-refractivity contribution in [1.29, 1.82) is 0 Å². The van der Waals surface area contributed by atoms with E-state index in [1.807, 2.05) is 0 Å². The standard InChI is InChI=1S/C14H22N2/c1-11(12-7-3-2-4-8-12)16-14-10-6-5-9-13(14)15/h2-4,7-8,11,13-14,16H,5-6,9-10,15H2,1H3/t11-,13+,14+/m0/s1. The predicted molar refractivity (Wildman–Crippen MR) is 68.2 cm³/mol. The van der Waals surface area contributed by atoms with Crippen LogP contribution < -0.4 is 11.1 Å². The number of nitrogens with one attached hydrogen (secondary N) is 1. The maximum Gasteiger partial charge on any atom is 0.0294 e. The van der Waals surface area contributed by atoms with Gasteiger partial charge in [0.1, 0.15) is 0 Å². The Labute approximate surface area is 98.2 Å². The summed E-state index contributed by atoms with van der Waals surface area (Å²) in [7, 11) is 0. The van der Waals surface area contributed by atoms with Crippen LogP contribution in [-0.2, 0) is 0 Å². The Morgan fingerprint density at radius 3 is 2.56 bits per heavy atom. The third-order valence-electron chi connectivity index (χ3n) is 3.58.